The summed E-state index contributed by atoms with van der Waals surface area (Å²) >= 11 is 3.97. The molecule has 0 aliphatic carbocycles. The van der Waals surface area contributed by atoms with Gasteiger partial charge >= 0.3 is 0 Å². The molecule has 0 heterocycles. The molecule has 0 aromatic rings. The molecule has 1 amide bonds. The standard InChI is InChI=1S/C8H15NOS/c1-7(2)3-4-8(10)9-5-6-11/h11H,1,3-6H2,2H3,(H,9,10). The minimum absolute atomic E-state index is 0.0852. The van der Waals surface area contributed by atoms with E-state index in [1.165, 1.54) is 0 Å². The molecular formula is C8H15NOS. The Labute approximate surface area is 73.5 Å². The molecular weight excluding hydrogens is 158 g/mol. The molecule has 64 valence electrons. The molecule has 0 spiro atoms. The fraction of sp³-hybridized carbons (Fsp3) is 0.625. The summed E-state index contributed by atoms with van der Waals surface area (Å²) in [5.41, 5.74) is 1.05. The Kier molecular flexibility index (Phi) is 6.03. The average molecular weight is 173 g/mol. The first-order valence-corrected chi connectivity index (χ1v) is 4.32. The monoisotopic (exact) mass is 173 g/mol. The number of rotatable bonds is 5. The van der Waals surface area contributed by atoms with Gasteiger partial charge in [-0.3, -0.25) is 4.79 Å². The lowest BCUT2D eigenvalue weighted by molar-refractivity contribution is -0.120. The highest BCUT2D eigenvalue weighted by Crippen LogP contribution is 1.99. The molecule has 0 rings (SSSR count). The quantitative estimate of drug-likeness (QED) is 0.477. The van der Waals surface area contributed by atoms with E-state index >= 15 is 0 Å². The second-order valence-corrected chi connectivity index (χ2v) is 2.98. The summed E-state index contributed by atoms with van der Waals surface area (Å²) in [7, 11) is 0. The minimum atomic E-state index is 0.0852. The van der Waals surface area contributed by atoms with Crippen LogP contribution < -0.4 is 5.32 Å². The predicted octanol–water partition coefficient (Wildman–Crippen LogP) is 1.39. The third kappa shape index (κ3) is 7.46. The molecule has 0 fully saturated rings. The van der Waals surface area contributed by atoms with Gasteiger partial charge in [0.05, 0.1) is 0 Å². The zero-order valence-corrected chi connectivity index (χ0v) is 7.79. The number of thiol groups is 1. The lowest BCUT2D eigenvalue weighted by atomic mass is 10.2. The van der Waals surface area contributed by atoms with Crippen LogP contribution in [-0.4, -0.2) is 18.2 Å². The Hall–Kier alpha value is -0.440. The molecule has 0 aromatic heterocycles. The van der Waals surface area contributed by atoms with Crippen molar-refractivity contribution in [3.63, 3.8) is 0 Å². The fourth-order valence-corrected chi connectivity index (χ4v) is 0.722. The van der Waals surface area contributed by atoms with Crippen LogP contribution in [0.1, 0.15) is 19.8 Å². The van der Waals surface area contributed by atoms with Gasteiger partial charge in [0.25, 0.3) is 0 Å². The number of nitrogens with one attached hydrogen (secondary N) is 1. The summed E-state index contributed by atoms with van der Waals surface area (Å²) in [4.78, 5) is 10.9. The largest absolute Gasteiger partial charge is 0.355 e. The van der Waals surface area contributed by atoms with Gasteiger partial charge in [-0.1, -0.05) is 5.57 Å². The van der Waals surface area contributed by atoms with Crippen molar-refractivity contribution in [3.05, 3.63) is 12.2 Å². The van der Waals surface area contributed by atoms with Crippen LogP contribution in [0.4, 0.5) is 0 Å². The third-order valence-electron chi connectivity index (χ3n) is 1.21. The molecule has 0 bridgehead atoms. The molecule has 3 heteroatoms. The Morgan fingerprint density at radius 1 is 1.55 bits per heavy atom. The van der Waals surface area contributed by atoms with Gasteiger partial charge in [-0.25, -0.2) is 0 Å². The van der Waals surface area contributed by atoms with E-state index in [9.17, 15) is 4.79 Å². The minimum Gasteiger partial charge on any atom is -0.355 e. The first-order valence-electron chi connectivity index (χ1n) is 3.68. The van der Waals surface area contributed by atoms with Crippen molar-refractivity contribution in [1.82, 2.24) is 5.32 Å². The van der Waals surface area contributed by atoms with Gasteiger partial charge in [0, 0.05) is 18.7 Å². The average Bonchev–Trinajstić information content (AvgIpc) is 1.97. The summed E-state index contributed by atoms with van der Waals surface area (Å²) < 4.78 is 0. The van der Waals surface area contributed by atoms with Gasteiger partial charge in [0.15, 0.2) is 0 Å². The van der Waals surface area contributed by atoms with Crippen LogP contribution in [0.5, 0.6) is 0 Å². The highest BCUT2D eigenvalue weighted by Gasteiger charge is 1.98. The summed E-state index contributed by atoms with van der Waals surface area (Å²) in [5.74, 6) is 0.778. The van der Waals surface area contributed by atoms with E-state index in [0.717, 1.165) is 12.0 Å². The first kappa shape index (κ1) is 10.6. The van der Waals surface area contributed by atoms with Crippen molar-refractivity contribution in [2.45, 2.75) is 19.8 Å². The summed E-state index contributed by atoms with van der Waals surface area (Å²) in [6.45, 7) is 6.29. The second kappa shape index (κ2) is 6.28. The van der Waals surface area contributed by atoms with Gasteiger partial charge < -0.3 is 5.32 Å². The summed E-state index contributed by atoms with van der Waals surface area (Å²) in [6, 6.07) is 0. The van der Waals surface area contributed by atoms with Crippen LogP contribution in [0, 0.1) is 0 Å². The smallest absolute Gasteiger partial charge is 0.220 e. The van der Waals surface area contributed by atoms with E-state index in [-0.39, 0.29) is 5.91 Å². The highest BCUT2D eigenvalue weighted by molar-refractivity contribution is 7.80. The summed E-state index contributed by atoms with van der Waals surface area (Å²) in [5, 5.41) is 2.73. The number of carbonyl (C=O) groups is 1. The number of allylic oxidation sites excluding steroid dienone is 1. The van der Waals surface area contributed by atoms with Gasteiger partial charge in [0.1, 0.15) is 0 Å². The molecule has 0 aliphatic rings. The van der Waals surface area contributed by atoms with Crippen LogP contribution in [0.25, 0.3) is 0 Å². The number of hydrogen-bond donors (Lipinski definition) is 2. The zero-order chi connectivity index (χ0) is 8.69. The fourth-order valence-electron chi connectivity index (χ4n) is 0.611. The molecule has 0 unspecified atom stereocenters. The van der Waals surface area contributed by atoms with E-state index in [0.29, 0.717) is 18.7 Å². The van der Waals surface area contributed by atoms with Crippen LogP contribution >= 0.6 is 12.6 Å². The third-order valence-corrected chi connectivity index (χ3v) is 1.44. The van der Waals surface area contributed by atoms with Gasteiger partial charge in [-0.05, 0) is 13.3 Å². The Morgan fingerprint density at radius 2 is 2.18 bits per heavy atom. The Bertz CT molecular complexity index is 145. The zero-order valence-electron chi connectivity index (χ0n) is 6.89. The van der Waals surface area contributed by atoms with Crippen LogP contribution in [0.3, 0.4) is 0 Å². The molecule has 0 saturated heterocycles. The maximum Gasteiger partial charge on any atom is 0.220 e. The van der Waals surface area contributed by atoms with E-state index < -0.39 is 0 Å². The molecule has 0 aliphatic heterocycles. The summed E-state index contributed by atoms with van der Waals surface area (Å²) in [6.07, 6.45) is 1.32. The van der Waals surface area contributed by atoms with E-state index in [4.69, 9.17) is 0 Å². The topological polar surface area (TPSA) is 29.1 Å². The Balaban J connectivity index is 3.30. The molecule has 0 saturated carbocycles. The van der Waals surface area contributed by atoms with Gasteiger partial charge in [0.2, 0.25) is 5.91 Å². The molecule has 0 radical (unpaired) electrons. The first-order chi connectivity index (χ1) is 5.16. The predicted molar refractivity (Wildman–Crippen MR) is 50.9 cm³/mol. The maximum absolute atomic E-state index is 10.9. The van der Waals surface area contributed by atoms with E-state index in [1.54, 1.807) is 0 Å². The van der Waals surface area contributed by atoms with Crippen molar-refractivity contribution in [1.29, 1.82) is 0 Å². The van der Waals surface area contributed by atoms with Crippen molar-refractivity contribution in [2.75, 3.05) is 12.3 Å². The molecule has 0 atom stereocenters. The van der Waals surface area contributed by atoms with Crippen molar-refractivity contribution in [2.24, 2.45) is 0 Å². The Morgan fingerprint density at radius 3 is 2.64 bits per heavy atom. The lowest BCUT2D eigenvalue weighted by Crippen LogP contribution is -2.24. The molecule has 1 N–H and O–H groups in total. The van der Waals surface area contributed by atoms with Gasteiger partial charge in [-0.2, -0.15) is 12.6 Å². The van der Waals surface area contributed by atoms with E-state index in [2.05, 4.69) is 24.5 Å². The maximum atomic E-state index is 10.9. The van der Waals surface area contributed by atoms with Crippen molar-refractivity contribution in [3.8, 4) is 0 Å². The SMILES string of the molecule is C=C(C)CCC(=O)NCCS. The number of hydrogen-bond acceptors (Lipinski definition) is 2. The normalized spacial score (nSPS) is 9.27. The van der Waals surface area contributed by atoms with Crippen molar-refractivity contribution < 1.29 is 4.79 Å². The van der Waals surface area contributed by atoms with Crippen LogP contribution in [0.15, 0.2) is 12.2 Å². The highest BCUT2D eigenvalue weighted by atomic mass is 32.1. The van der Waals surface area contributed by atoms with Crippen LogP contribution in [-0.2, 0) is 4.79 Å². The van der Waals surface area contributed by atoms with E-state index in [1.807, 2.05) is 6.92 Å². The van der Waals surface area contributed by atoms with Crippen molar-refractivity contribution >= 4 is 18.5 Å². The second-order valence-electron chi connectivity index (χ2n) is 2.53. The molecule has 0 aromatic carbocycles. The number of amides is 1. The van der Waals surface area contributed by atoms with Crippen LogP contribution in [0.2, 0.25) is 0 Å². The number of carbonyl (C=O) groups excluding carboxylic acids is 1. The lowest BCUT2D eigenvalue weighted by Gasteiger charge is -2.01. The molecule has 2 nitrogen and oxygen atoms in total. The van der Waals surface area contributed by atoms with Gasteiger partial charge in [-0.15, -0.1) is 6.58 Å². The molecule has 11 heavy (non-hydrogen) atoms.